The minimum Gasteiger partial charge on any atom is -0.497 e. The molecule has 0 fully saturated rings. The van der Waals surface area contributed by atoms with E-state index < -0.39 is 0 Å². The number of fused-ring (bicyclic) bond motifs is 1. The molecule has 29 heavy (non-hydrogen) atoms. The van der Waals surface area contributed by atoms with Gasteiger partial charge in [-0.25, -0.2) is 4.98 Å². The van der Waals surface area contributed by atoms with E-state index in [1.807, 2.05) is 43.3 Å². The second kappa shape index (κ2) is 8.19. The van der Waals surface area contributed by atoms with E-state index in [9.17, 15) is 4.79 Å². The molecule has 146 valence electrons. The molecule has 0 bridgehead atoms. The average Bonchev–Trinajstić information content (AvgIpc) is 3.13. The Balaban J connectivity index is 1.63. The summed E-state index contributed by atoms with van der Waals surface area (Å²) in [5.41, 5.74) is 3.75. The van der Waals surface area contributed by atoms with E-state index in [0.29, 0.717) is 12.1 Å². The Kier molecular flexibility index (Phi) is 5.29. The molecule has 4 rings (SSSR count). The van der Waals surface area contributed by atoms with Crippen molar-refractivity contribution in [1.29, 1.82) is 0 Å². The number of rotatable bonds is 6. The van der Waals surface area contributed by atoms with Gasteiger partial charge < -0.3 is 14.6 Å². The predicted molar refractivity (Wildman–Crippen MR) is 114 cm³/mol. The van der Waals surface area contributed by atoms with E-state index in [-0.39, 0.29) is 11.9 Å². The molecule has 1 atom stereocenters. The molecule has 4 aromatic rings. The summed E-state index contributed by atoms with van der Waals surface area (Å²) in [5, 5.41) is 3.07. The largest absolute Gasteiger partial charge is 0.497 e. The molecule has 1 amide bonds. The second-order valence-corrected chi connectivity index (χ2v) is 6.95. The fourth-order valence-electron chi connectivity index (χ4n) is 3.44. The molecular weight excluding hydrogens is 362 g/mol. The van der Waals surface area contributed by atoms with Gasteiger partial charge >= 0.3 is 0 Å². The zero-order chi connectivity index (χ0) is 20.2. The number of hydrogen-bond donors (Lipinski definition) is 1. The van der Waals surface area contributed by atoms with Crippen LogP contribution < -0.4 is 10.1 Å². The van der Waals surface area contributed by atoms with Crippen LogP contribution in [0.25, 0.3) is 11.0 Å². The zero-order valence-corrected chi connectivity index (χ0v) is 16.5. The van der Waals surface area contributed by atoms with Crippen molar-refractivity contribution in [2.75, 3.05) is 7.11 Å². The highest BCUT2D eigenvalue weighted by Gasteiger charge is 2.19. The van der Waals surface area contributed by atoms with Gasteiger partial charge in [0.25, 0.3) is 5.91 Å². The highest BCUT2D eigenvalue weighted by atomic mass is 16.5. The first-order valence-electron chi connectivity index (χ1n) is 9.59. The van der Waals surface area contributed by atoms with Crippen molar-refractivity contribution in [3.63, 3.8) is 0 Å². The summed E-state index contributed by atoms with van der Waals surface area (Å²) in [6.45, 7) is 2.66. The van der Waals surface area contributed by atoms with Gasteiger partial charge in [-0.15, -0.1) is 0 Å². The highest BCUT2D eigenvalue weighted by molar-refractivity contribution is 5.94. The summed E-state index contributed by atoms with van der Waals surface area (Å²) in [6, 6.07) is 25.1. The molecule has 0 aliphatic carbocycles. The normalized spacial score (nSPS) is 11.9. The van der Waals surface area contributed by atoms with E-state index in [2.05, 4.69) is 28.1 Å². The summed E-state index contributed by atoms with van der Waals surface area (Å²) < 4.78 is 7.33. The van der Waals surface area contributed by atoms with E-state index in [1.165, 1.54) is 5.56 Å². The maximum atomic E-state index is 12.7. The number of para-hydroxylation sites is 2. The monoisotopic (exact) mass is 385 g/mol. The van der Waals surface area contributed by atoms with Gasteiger partial charge in [0.05, 0.1) is 24.2 Å². The predicted octanol–water partition coefficient (Wildman–Crippen LogP) is 4.58. The summed E-state index contributed by atoms with van der Waals surface area (Å²) in [6.07, 6.45) is 0. The molecule has 3 aromatic carbocycles. The van der Waals surface area contributed by atoms with Crippen molar-refractivity contribution in [2.24, 2.45) is 0 Å². The fourth-order valence-corrected chi connectivity index (χ4v) is 3.44. The average molecular weight is 385 g/mol. The first-order chi connectivity index (χ1) is 14.2. The van der Waals surface area contributed by atoms with E-state index in [0.717, 1.165) is 22.6 Å². The number of carbonyl (C=O) groups is 1. The lowest BCUT2D eigenvalue weighted by molar-refractivity contribution is 0.0937. The number of hydrogen-bond acceptors (Lipinski definition) is 3. The van der Waals surface area contributed by atoms with Crippen molar-refractivity contribution in [3.8, 4) is 5.75 Å². The molecule has 5 heteroatoms. The van der Waals surface area contributed by atoms with Crippen molar-refractivity contribution in [2.45, 2.75) is 19.5 Å². The maximum absolute atomic E-state index is 12.7. The van der Waals surface area contributed by atoms with E-state index >= 15 is 0 Å². The highest BCUT2D eigenvalue weighted by Crippen LogP contribution is 2.23. The number of imidazole rings is 1. The number of nitrogens with zero attached hydrogens (tertiary/aromatic N) is 2. The van der Waals surface area contributed by atoms with Gasteiger partial charge in [-0.2, -0.15) is 0 Å². The minimum absolute atomic E-state index is 0.140. The molecule has 0 unspecified atom stereocenters. The van der Waals surface area contributed by atoms with Crippen LogP contribution in [0.5, 0.6) is 5.75 Å². The molecular formula is C24H23N3O2. The van der Waals surface area contributed by atoms with Gasteiger partial charge in [-0.1, -0.05) is 42.5 Å². The molecule has 1 heterocycles. The summed E-state index contributed by atoms with van der Waals surface area (Å²) >= 11 is 0. The zero-order valence-electron chi connectivity index (χ0n) is 16.5. The van der Waals surface area contributed by atoms with Crippen LogP contribution in [0.15, 0.2) is 78.9 Å². The van der Waals surface area contributed by atoms with E-state index in [1.54, 1.807) is 31.4 Å². The van der Waals surface area contributed by atoms with Crippen molar-refractivity contribution < 1.29 is 9.53 Å². The van der Waals surface area contributed by atoms with Crippen LogP contribution in [0.1, 0.15) is 34.7 Å². The third-order valence-corrected chi connectivity index (χ3v) is 4.95. The number of benzene rings is 3. The van der Waals surface area contributed by atoms with Gasteiger partial charge in [0.1, 0.15) is 11.6 Å². The number of amides is 1. The Labute approximate surface area is 170 Å². The third kappa shape index (κ3) is 3.99. The molecule has 0 aliphatic rings. The van der Waals surface area contributed by atoms with Crippen molar-refractivity contribution in [3.05, 3.63) is 95.8 Å². The van der Waals surface area contributed by atoms with Crippen LogP contribution in [0.4, 0.5) is 0 Å². The second-order valence-electron chi connectivity index (χ2n) is 6.95. The third-order valence-electron chi connectivity index (χ3n) is 4.95. The Morgan fingerprint density at radius 3 is 2.41 bits per heavy atom. The molecule has 0 radical (unpaired) electrons. The van der Waals surface area contributed by atoms with Crippen LogP contribution in [0.3, 0.4) is 0 Å². The Morgan fingerprint density at radius 2 is 1.69 bits per heavy atom. The number of ether oxygens (including phenoxy) is 1. The summed E-state index contributed by atoms with van der Waals surface area (Å²) in [7, 11) is 1.61. The summed E-state index contributed by atoms with van der Waals surface area (Å²) in [4.78, 5) is 17.5. The maximum Gasteiger partial charge on any atom is 0.251 e. The van der Waals surface area contributed by atoms with Gasteiger partial charge in [0.2, 0.25) is 0 Å². The van der Waals surface area contributed by atoms with Gasteiger partial charge in [0, 0.05) is 12.1 Å². The molecule has 5 nitrogen and oxygen atoms in total. The first-order valence-corrected chi connectivity index (χ1v) is 9.59. The number of carbonyl (C=O) groups excluding carboxylic acids is 1. The standard InChI is InChI=1S/C24H23N3O2/c1-17(25-24(28)19-12-14-20(29-2)15-13-19)23-26-21-10-6-7-11-22(21)27(23)16-18-8-4-3-5-9-18/h3-15,17H,16H2,1-2H3,(H,25,28)/t17-/m1/s1. The molecule has 0 aliphatic heterocycles. The van der Waals surface area contributed by atoms with E-state index in [4.69, 9.17) is 9.72 Å². The summed E-state index contributed by atoms with van der Waals surface area (Å²) in [5.74, 6) is 1.41. The SMILES string of the molecule is COc1ccc(C(=O)N[C@H](C)c2nc3ccccc3n2Cc2ccccc2)cc1. The number of aromatic nitrogens is 2. The van der Waals surface area contributed by atoms with Crippen molar-refractivity contribution in [1.82, 2.24) is 14.9 Å². The fraction of sp³-hybridized carbons (Fsp3) is 0.167. The Bertz CT molecular complexity index is 1120. The molecule has 1 aromatic heterocycles. The van der Waals surface area contributed by atoms with Crippen LogP contribution >= 0.6 is 0 Å². The smallest absolute Gasteiger partial charge is 0.251 e. The minimum atomic E-state index is -0.249. The van der Waals surface area contributed by atoms with Gasteiger partial charge in [-0.3, -0.25) is 4.79 Å². The van der Waals surface area contributed by atoms with Crippen LogP contribution in [-0.2, 0) is 6.54 Å². The lowest BCUT2D eigenvalue weighted by atomic mass is 10.2. The van der Waals surface area contributed by atoms with Gasteiger partial charge in [-0.05, 0) is 48.9 Å². The molecule has 1 N–H and O–H groups in total. The Hall–Kier alpha value is -3.60. The molecule has 0 spiro atoms. The number of methoxy groups -OCH3 is 1. The Morgan fingerprint density at radius 1 is 1.00 bits per heavy atom. The first kappa shape index (κ1) is 18.7. The molecule has 0 saturated heterocycles. The molecule has 0 saturated carbocycles. The van der Waals surface area contributed by atoms with Crippen LogP contribution in [0.2, 0.25) is 0 Å². The lowest BCUT2D eigenvalue weighted by Crippen LogP contribution is -2.28. The van der Waals surface area contributed by atoms with Crippen LogP contribution in [-0.4, -0.2) is 22.6 Å². The quantitative estimate of drug-likeness (QED) is 0.528. The van der Waals surface area contributed by atoms with Crippen molar-refractivity contribution >= 4 is 16.9 Å². The van der Waals surface area contributed by atoms with Gasteiger partial charge in [0.15, 0.2) is 0 Å². The number of nitrogens with one attached hydrogen (secondary N) is 1. The lowest BCUT2D eigenvalue weighted by Gasteiger charge is -2.17. The van der Waals surface area contributed by atoms with Crippen LogP contribution in [0, 0.1) is 0 Å². The topological polar surface area (TPSA) is 56.1 Å².